The lowest BCUT2D eigenvalue weighted by Gasteiger charge is -2.17. The summed E-state index contributed by atoms with van der Waals surface area (Å²) in [6.45, 7) is 2.08. The molecular weight excluding hydrogens is 190 g/mol. The average Bonchev–Trinajstić information content (AvgIpc) is 2.28. The Morgan fingerprint density at radius 3 is 3.00 bits per heavy atom. The molecule has 4 heteroatoms. The van der Waals surface area contributed by atoms with Gasteiger partial charge in [-0.05, 0) is 18.6 Å². The second-order valence-corrected chi connectivity index (χ2v) is 3.41. The monoisotopic (exact) mass is 203 g/mol. The summed E-state index contributed by atoms with van der Waals surface area (Å²) in [6.07, 6.45) is 3.39. The summed E-state index contributed by atoms with van der Waals surface area (Å²) in [5.74, 6) is -0.756. The van der Waals surface area contributed by atoms with Gasteiger partial charge in [-0.3, -0.25) is 9.78 Å². The summed E-state index contributed by atoms with van der Waals surface area (Å²) in [4.78, 5) is 17.1. The predicted molar refractivity (Wildman–Crippen MR) is 55.5 cm³/mol. The van der Waals surface area contributed by atoms with Crippen molar-refractivity contribution in [2.24, 2.45) is 5.92 Å². The minimum absolute atomic E-state index is 0.165. The number of amides is 1. The molecule has 15 heavy (non-hydrogen) atoms. The third-order valence-corrected chi connectivity index (χ3v) is 2.08. The molecule has 0 aliphatic carbocycles. The molecule has 0 aliphatic rings. The molecule has 1 amide bonds. The molecule has 0 radical (unpaired) electrons. The molecule has 0 aliphatic heterocycles. The third kappa shape index (κ3) is 3.06. The van der Waals surface area contributed by atoms with Crippen molar-refractivity contribution >= 4 is 5.91 Å². The van der Waals surface area contributed by atoms with Gasteiger partial charge in [-0.2, -0.15) is 5.26 Å². The van der Waals surface area contributed by atoms with Crippen molar-refractivity contribution in [1.29, 1.82) is 5.26 Å². The highest BCUT2D eigenvalue weighted by atomic mass is 16.2. The Balaban J connectivity index is 2.61. The minimum atomic E-state index is -0.591. The van der Waals surface area contributed by atoms with Gasteiger partial charge in [-0.1, -0.05) is 6.07 Å². The van der Waals surface area contributed by atoms with Crippen molar-refractivity contribution in [3.05, 3.63) is 30.1 Å². The molecular formula is C11H13N3O. The van der Waals surface area contributed by atoms with E-state index in [-0.39, 0.29) is 5.91 Å². The van der Waals surface area contributed by atoms with Gasteiger partial charge < -0.3 is 4.90 Å². The van der Waals surface area contributed by atoms with Crippen molar-refractivity contribution in [2.45, 2.75) is 13.5 Å². The first-order valence-electron chi connectivity index (χ1n) is 4.68. The van der Waals surface area contributed by atoms with Crippen LogP contribution in [-0.4, -0.2) is 22.8 Å². The van der Waals surface area contributed by atoms with Gasteiger partial charge in [-0.15, -0.1) is 0 Å². The molecule has 4 nitrogen and oxygen atoms in total. The Bertz CT molecular complexity index is 369. The number of hydrogen-bond acceptors (Lipinski definition) is 3. The molecule has 1 heterocycles. The largest absolute Gasteiger partial charge is 0.340 e. The molecule has 78 valence electrons. The summed E-state index contributed by atoms with van der Waals surface area (Å²) in [5, 5.41) is 8.61. The molecule has 0 saturated carbocycles. The molecule has 0 spiro atoms. The van der Waals surface area contributed by atoms with E-state index in [2.05, 4.69) is 4.98 Å². The number of pyridine rings is 1. The van der Waals surface area contributed by atoms with Crippen LogP contribution >= 0.6 is 0 Å². The second-order valence-electron chi connectivity index (χ2n) is 3.41. The van der Waals surface area contributed by atoms with Crippen LogP contribution in [0.4, 0.5) is 0 Å². The summed E-state index contributed by atoms with van der Waals surface area (Å²) in [6, 6.07) is 5.64. The topological polar surface area (TPSA) is 57.0 Å². The zero-order valence-corrected chi connectivity index (χ0v) is 8.84. The van der Waals surface area contributed by atoms with Crippen molar-refractivity contribution in [3.63, 3.8) is 0 Å². The normalized spacial score (nSPS) is 11.5. The van der Waals surface area contributed by atoms with Gasteiger partial charge in [0.2, 0.25) is 5.91 Å². The van der Waals surface area contributed by atoms with Crippen LogP contribution in [0.15, 0.2) is 24.5 Å². The average molecular weight is 203 g/mol. The van der Waals surface area contributed by atoms with E-state index in [0.717, 1.165) is 5.56 Å². The minimum Gasteiger partial charge on any atom is -0.340 e. The summed E-state index contributed by atoms with van der Waals surface area (Å²) in [7, 11) is 1.68. The van der Waals surface area contributed by atoms with E-state index in [0.29, 0.717) is 6.54 Å². The molecule has 1 aromatic heterocycles. The number of nitriles is 1. The van der Waals surface area contributed by atoms with Crippen LogP contribution in [-0.2, 0) is 11.3 Å². The van der Waals surface area contributed by atoms with Crippen LogP contribution in [0.5, 0.6) is 0 Å². The van der Waals surface area contributed by atoms with Crippen LogP contribution < -0.4 is 0 Å². The van der Waals surface area contributed by atoms with Gasteiger partial charge in [0.1, 0.15) is 5.92 Å². The molecule has 1 aromatic rings. The lowest BCUT2D eigenvalue weighted by atomic mass is 10.1. The fourth-order valence-corrected chi connectivity index (χ4v) is 1.23. The number of rotatable bonds is 3. The molecule has 0 bridgehead atoms. The molecule has 0 fully saturated rings. The Morgan fingerprint density at radius 1 is 1.73 bits per heavy atom. The predicted octanol–water partition coefficient (Wildman–Crippen LogP) is 1.20. The van der Waals surface area contributed by atoms with Gasteiger partial charge in [0, 0.05) is 26.0 Å². The molecule has 1 rings (SSSR count). The maximum Gasteiger partial charge on any atom is 0.239 e. The van der Waals surface area contributed by atoms with E-state index >= 15 is 0 Å². The van der Waals surface area contributed by atoms with Gasteiger partial charge in [0.05, 0.1) is 6.07 Å². The van der Waals surface area contributed by atoms with Gasteiger partial charge >= 0.3 is 0 Å². The van der Waals surface area contributed by atoms with Gasteiger partial charge in [-0.25, -0.2) is 0 Å². The number of carbonyl (C=O) groups excluding carboxylic acids is 1. The Kier molecular flexibility index (Phi) is 3.81. The van der Waals surface area contributed by atoms with Crippen LogP contribution in [0, 0.1) is 17.2 Å². The van der Waals surface area contributed by atoms with E-state index < -0.39 is 5.92 Å². The number of aromatic nitrogens is 1. The smallest absolute Gasteiger partial charge is 0.239 e. The molecule has 1 atom stereocenters. The van der Waals surface area contributed by atoms with Gasteiger partial charge in [0.25, 0.3) is 0 Å². The highest BCUT2D eigenvalue weighted by molar-refractivity contribution is 5.80. The molecule has 1 unspecified atom stereocenters. The molecule has 0 saturated heterocycles. The fourth-order valence-electron chi connectivity index (χ4n) is 1.23. The van der Waals surface area contributed by atoms with E-state index in [1.807, 2.05) is 18.2 Å². The number of hydrogen-bond donors (Lipinski definition) is 0. The summed E-state index contributed by atoms with van der Waals surface area (Å²) >= 11 is 0. The van der Waals surface area contributed by atoms with Crippen molar-refractivity contribution in [1.82, 2.24) is 9.88 Å². The van der Waals surface area contributed by atoms with E-state index in [1.165, 1.54) is 4.90 Å². The van der Waals surface area contributed by atoms with Crippen LogP contribution in [0.1, 0.15) is 12.5 Å². The first-order chi connectivity index (χ1) is 7.15. The van der Waals surface area contributed by atoms with Crippen LogP contribution in [0.25, 0.3) is 0 Å². The highest BCUT2D eigenvalue weighted by Gasteiger charge is 2.16. The Labute approximate surface area is 89.2 Å². The lowest BCUT2D eigenvalue weighted by molar-refractivity contribution is -0.132. The summed E-state index contributed by atoms with van der Waals surface area (Å²) in [5.41, 5.74) is 0.957. The van der Waals surface area contributed by atoms with E-state index in [1.54, 1.807) is 26.4 Å². The lowest BCUT2D eigenvalue weighted by Crippen LogP contribution is -2.30. The summed E-state index contributed by atoms with van der Waals surface area (Å²) < 4.78 is 0. The SMILES string of the molecule is CC(C#N)C(=O)N(C)Cc1cccnc1. The van der Waals surface area contributed by atoms with Crippen molar-refractivity contribution < 1.29 is 4.79 Å². The Morgan fingerprint density at radius 2 is 2.47 bits per heavy atom. The van der Waals surface area contributed by atoms with E-state index in [4.69, 9.17) is 5.26 Å². The number of carbonyl (C=O) groups is 1. The quantitative estimate of drug-likeness (QED) is 0.741. The first-order valence-corrected chi connectivity index (χ1v) is 4.68. The van der Waals surface area contributed by atoms with Crippen molar-refractivity contribution in [3.8, 4) is 6.07 Å². The first kappa shape index (κ1) is 11.2. The van der Waals surface area contributed by atoms with Gasteiger partial charge in [0.15, 0.2) is 0 Å². The van der Waals surface area contributed by atoms with E-state index in [9.17, 15) is 4.79 Å². The van der Waals surface area contributed by atoms with Crippen LogP contribution in [0.3, 0.4) is 0 Å². The maximum absolute atomic E-state index is 11.6. The van der Waals surface area contributed by atoms with Crippen molar-refractivity contribution in [2.75, 3.05) is 7.05 Å². The Hall–Kier alpha value is -1.89. The zero-order chi connectivity index (χ0) is 11.3. The fraction of sp³-hybridized carbons (Fsp3) is 0.364. The third-order valence-electron chi connectivity index (χ3n) is 2.08. The molecule has 0 N–H and O–H groups in total. The van der Waals surface area contributed by atoms with Crippen LogP contribution in [0.2, 0.25) is 0 Å². The standard InChI is InChI=1S/C11H13N3O/c1-9(6-12)11(15)14(2)8-10-4-3-5-13-7-10/h3-5,7,9H,8H2,1-2H3. The second kappa shape index (κ2) is 5.11. The maximum atomic E-state index is 11.6. The highest BCUT2D eigenvalue weighted by Crippen LogP contribution is 2.05. The molecule has 0 aromatic carbocycles. The number of nitrogens with zero attached hydrogens (tertiary/aromatic N) is 3. The zero-order valence-electron chi connectivity index (χ0n) is 8.84.